The molecular formula is C22H21N3O6S. The first kappa shape index (κ1) is 23.0. The van der Waals surface area contributed by atoms with Gasteiger partial charge in [-0.05, 0) is 44.2 Å². The summed E-state index contributed by atoms with van der Waals surface area (Å²) in [4.78, 5) is 41.3. The summed E-state index contributed by atoms with van der Waals surface area (Å²) >= 11 is 1.38. The highest BCUT2D eigenvalue weighted by Gasteiger charge is 2.18. The molecular weight excluding hydrogens is 434 g/mol. The van der Waals surface area contributed by atoms with E-state index < -0.39 is 17.8 Å². The van der Waals surface area contributed by atoms with Gasteiger partial charge in [0.25, 0.3) is 5.91 Å². The van der Waals surface area contributed by atoms with E-state index in [-0.39, 0.29) is 16.8 Å². The number of methoxy groups -OCH3 is 2. The molecule has 2 heterocycles. The van der Waals surface area contributed by atoms with Crippen LogP contribution in [0.5, 0.6) is 0 Å². The minimum Gasteiger partial charge on any atom is -0.465 e. The third-order valence-corrected chi connectivity index (χ3v) is 5.62. The number of nitrogens with zero attached hydrogens (tertiary/aromatic N) is 2. The average Bonchev–Trinajstić information content (AvgIpc) is 3.13. The van der Waals surface area contributed by atoms with Gasteiger partial charge in [-0.1, -0.05) is 5.16 Å². The summed E-state index contributed by atoms with van der Waals surface area (Å²) in [5.41, 5.74) is 2.51. The summed E-state index contributed by atoms with van der Waals surface area (Å²) in [6.07, 6.45) is 1.60. The van der Waals surface area contributed by atoms with Crippen molar-refractivity contribution >= 4 is 35.3 Å². The fourth-order valence-electron chi connectivity index (χ4n) is 2.90. The van der Waals surface area contributed by atoms with Crippen LogP contribution in [0.3, 0.4) is 0 Å². The Hall–Kier alpha value is -3.66. The van der Waals surface area contributed by atoms with Crippen molar-refractivity contribution in [1.82, 2.24) is 10.1 Å². The zero-order valence-corrected chi connectivity index (χ0v) is 18.7. The average molecular weight is 455 g/mol. The van der Waals surface area contributed by atoms with E-state index in [9.17, 15) is 14.4 Å². The number of benzene rings is 1. The minimum atomic E-state index is -0.650. The molecule has 0 radical (unpaired) electrons. The Bertz CT molecular complexity index is 1120. The van der Waals surface area contributed by atoms with Gasteiger partial charge in [0, 0.05) is 23.2 Å². The highest BCUT2D eigenvalue weighted by atomic mass is 32.2. The molecule has 0 spiro atoms. The summed E-state index contributed by atoms with van der Waals surface area (Å²) < 4.78 is 14.6. The third kappa shape index (κ3) is 5.14. The SMILES string of the molecule is COC(=O)c1cc(NC(=O)c2cccnc2SCc2c(C)noc2C)cc(C(=O)OC)c1. The smallest absolute Gasteiger partial charge is 0.337 e. The lowest BCUT2D eigenvalue weighted by Crippen LogP contribution is -2.15. The molecule has 10 heteroatoms. The predicted molar refractivity (Wildman–Crippen MR) is 117 cm³/mol. The third-order valence-electron chi connectivity index (χ3n) is 4.58. The number of pyridine rings is 1. The van der Waals surface area contributed by atoms with E-state index in [0.29, 0.717) is 22.1 Å². The topological polar surface area (TPSA) is 121 Å². The molecule has 1 N–H and O–H groups in total. The molecule has 32 heavy (non-hydrogen) atoms. The molecule has 9 nitrogen and oxygen atoms in total. The summed E-state index contributed by atoms with van der Waals surface area (Å²) in [5, 5.41) is 7.17. The van der Waals surface area contributed by atoms with Crippen LogP contribution in [0, 0.1) is 13.8 Å². The molecule has 0 aliphatic heterocycles. The van der Waals surface area contributed by atoms with Crippen LogP contribution in [0.4, 0.5) is 5.69 Å². The Kier molecular flexibility index (Phi) is 7.26. The second-order valence-electron chi connectivity index (χ2n) is 6.68. The zero-order valence-electron chi connectivity index (χ0n) is 17.9. The minimum absolute atomic E-state index is 0.102. The van der Waals surface area contributed by atoms with E-state index in [2.05, 4.69) is 15.5 Å². The number of ether oxygens (including phenoxy) is 2. The number of carbonyl (C=O) groups is 3. The Balaban J connectivity index is 1.86. The predicted octanol–water partition coefficient (Wildman–Crippen LogP) is 3.80. The lowest BCUT2D eigenvalue weighted by Gasteiger charge is -2.11. The van der Waals surface area contributed by atoms with Crippen molar-refractivity contribution in [2.24, 2.45) is 0 Å². The van der Waals surface area contributed by atoms with Gasteiger partial charge in [-0.3, -0.25) is 4.79 Å². The second kappa shape index (κ2) is 10.1. The monoisotopic (exact) mass is 455 g/mol. The van der Waals surface area contributed by atoms with Gasteiger partial charge in [-0.15, -0.1) is 11.8 Å². The van der Waals surface area contributed by atoms with Crippen molar-refractivity contribution in [1.29, 1.82) is 0 Å². The van der Waals surface area contributed by atoms with Gasteiger partial charge in [0.1, 0.15) is 10.8 Å². The normalized spacial score (nSPS) is 10.5. The van der Waals surface area contributed by atoms with Crippen LogP contribution in [0.1, 0.15) is 48.1 Å². The van der Waals surface area contributed by atoms with Crippen LogP contribution in [0.15, 0.2) is 46.1 Å². The maximum atomic E-state index is 13.0. The van der Waals surface area contributed by atoms with Crippen molar-refractivity contribution in [2.45, 2.75) is 24.6 Å². The number of carbonyl (C=O) groups excluding carboxylic acids is 3. The number of hydrogen-bond acceptors (Lipinski definition) is 9. The largest absolute Gasteiger partial charge is 0.465 e. The maximum absolute atomic E-state index is 13.0. The lowest BCUT2D eigenvalue weighted by molar-refractivity contribution is 0.0599. The van der Waals surface area contributed by atoms with Gasteiger partial charge < -0.3 is 19.3 Å². The summed E-state index contributed by atoms with van der Waals surface area (Å²) in [6, 6.07) is 7.47. The molecule has 3 aromatic rings. The number of rotatable bonds is 7. The number of anilines is 1. The van der Waals surface area contributed by atoms with Crippen molar-refractivity contribution < 1.29 is 28.4 Å². The van der Waals surface area contributed by atoms with E-state index in [1.807, 2.05) is 13.8 Å². The molecule has 0 atom stereocenters. The van der Waals surface area contributed by atoms with Crippen LogP contribution >= 0.6 is 11.8 Å². The molecule has 3 rings (SSSR count). The quantitative estimate of drug-likeness (QED) is 0.419. The maximum Gasteiger partial charge on any atom is 0.337 e. The number of hydrogen-bond donors (Lipinski definition) is 1. The number of amides is 1. The fraction of sp³-hybridized carbons (Fsp3) is 0.227. The Labute approximate surface area is 188 Å². The van der Waals surface area contributed by atoms with E-state index in [4.69, 9.17) is 14.0 Å². The number of aromatic nitrogens is 2. The lowest BCUT2D eigenvalue weighted by atomic mass is 10.1. The van der Waals surface area contributed by atoms with E-state index >= 15 is 0 Å². The standard InChI is InChI=1S/C22H21N3O6S/c1-12-18(13(2)31-25-12)11-32-20-17(6-5-7-23-20)19(26)24-16-9-14(21(27)29-3)8-15(10-16)22(28)30-4/h5-10H,11H2,1-4H3,(H,24,26). The molecule has 0 aliphatic carbocycles. The molecule has 0 saturated carbocycles. The molecule has 1 aromatic carbocycles. The summed E-state index contributed by atoms with van der Waals surface area (Å²) in [5.74, 6) is -0.501. The summed E-state index contributed by atoms with van der Waals surface area (Å²) in [6.45, 7) is 3.68. The first-order valence-corrected chi connectivity index (χ1v) is 10.4. The molecule has 0 fully saturated rings. The van der Waals surface area contributed by atoms with Crippen molar-refractivity contribution in [3.05, 3.63) is 70.2 Å². The Morgan fingerprint density at radius 3 is 2.28 bits per heavy atom. The number of esters is 2. The van der Waals surface area contributed by atoms with Gasteiger partial charge >= 0.3 is 11.9 Å². The van der Waals surface area contributed by atoms with Gasteiger partial charge in [0.15, 0.2) is 0 Å². The first-order valence-electron chi connectivity index (χ1n) is 9.46. The van der Waals surface area contributed by atoms with Gasteiger partial charge in [-0.2, -0.15) is 0 Å². The highest BCUT2D eigenvalue weighted by molar-refractivity contribution is 7.98. The molecule has 166 valence electrons. The molecule has 1 amide bonds. The number of nitrogens with one attached hydrogen (secondary N) is 1. The van der Waals surface area contributed by atoms with Gasteiger partial charge in [0.05, 0.1) is 36.6 Å². The van der Waals surface area contributed by atoms with Crippen molar-refractivity contribution in [2.75, 3.05) is 19.5 Å². The van der Waals surface area contributed by atoms with E-state index in [0.717, 1.165) is 11.3 Å². The number of aryl methyl sites for hydroxylation is 2. The Morgan fingerprint density at radius 2 is 1.72 bits per heavy atom. The van der Waals surface area contributed by atoms with Crippen LogP contribution < -0.4 is 5.32 Å². The van der Waals surface area contributed by atoms with Gasteiger partial charge in [-0.25, -0.2) is 14.6 Å². The fourth-order valence-corrected chi connectivity index (χ4v) is 4.04. The molecule has 0 aliphatic rings. The van der Waals surface area contributed by atoms with Crippen LogP contribution in [0.25, 0.3) is 0 Å². The van der Waals surface area contributed by atoms with Crippen LogP contribution in [-0.2, 0) is 15.2 Å². The first-order chi connectivity index (χ1) is 15.3. The molecule has 0 bridgehead atoms. The molecule has 2 aromatic heterocycles. The molecule has 0 unspecified atom stereocenters. The van der Waals surface area contributed by atoms with E-state index in [1.165, 1.54) is 44.2 Å². The van der Waals surface area contributed by atoms with Crippen LogP contribution in [-0.4, -0.2) is 42.2 Å². The van der Waals surface area contributed by atoms with Crippen LogP contribution in [0.2, 0.25) is 0 Å². The van der Waals surface area contributed by atoms with Gasteiger partial charge in [0.2, 0.25) is 0 Å². The Morgan fingerprint density at radius 1 is 1.06 bits per heavy atom. The van der Waals surface area contributed by atoms with E-state index in [1.54, 1.807) is 18.3 Å². The second-order valence-corrected chi connectivity index (χ2v) is 7.65. The van der Waals surface area contributed by atoms with Crippen molar-refractivity contribution in [3.8, 4) is 0 Å². The highest BCUT2D eigenvalue weighted by Crippen LogP contribution is 2.28. The van der Waals surface area contributed by atoms with Crippen molar-refractivity contribution in [3.63, 3.8) is 0 Å². The number of thioether (sulfide) groups is 1. The molecule has 0 saturated heterocycles. The zero-order chi connectivity index (χ0) is 23.3. The summed E-state index contributed by atoms with van der Waals surface area (Å²) in [7, 11) is 2.45.